The van der Waals surface area contributed by atoms with E-state index in [2.05, 4.69) is 33.0 Å². The van der Waals surface area contributed by atoms with Gasteiger partial charge in [-0.15, -0.1) is 0 Å². The number of rotatable bonds is 2. The van der Waals surface area contributed by atoms with Gasteiger partial charge in [-0.2, -0.15) is 0 Å². The van der Waals surface area contributed by atoms with Gasteiger partial charge < -0.3 is 10.1 Å². The van der Waals surface area contributed by atoms with Crippen molar-refractivity contribution in [3.63, 3.8) is 0 Å². The molecule has 2 rings (SSSR count). The Morgan fingerprint density at radius 2 is 1.79 bits per heavy atom. The Balaban J connectivity index is 2.16. The highest BCUT2D eigenvalue weighted by molar-refractivity contribution is 6.32. The van der Waals surface area contributed by atoms with Crippen LogP contribution in [-0.4, -0.2) is 17.2 Å². The molecule has 1 aliphatic heterocycles. The standard InChI is InChI=1S/C15H21ClFNO/c1-14(2)8-11(9-15(3,4)18-14)19-13-7-10(17)5-6-12(13)16/h5-7,11,18H,8-9H2,1-4H3. The summed E-state index contributed by atoms with van der Waals surface area (Å²) < 4.78 is 19.2. The minimum atomic E-state index is -0.327. The van der Waals surface area contributed by atoms with Crippen LogP contribution in [0.5, 0.6) is 5.75 Å². The number of hydrogen-bond donors (Lipinski definition) is 1. The van der Waals surface area contributed by atoms with Crippen molar-refractivity contribution < 1.29 is 9.13 Å². The number of piperidine rings is 1. The molecule has 2 nitrogen and oxygen atoms in total. The number of halogens is 2. The summed E-state index contributed by atoms with van der Waals surface area (Å²) in [6.45, 7) is 8.60. The van der Waals surface area contributed by atoms with E-state index in [0.717, 1.165) is 12.8 Å². The van der Waals surface area contributed by atoms with Crippen LogP contribution in [0.15, 0.2) is 18.2 Å². The van der Waals surface area contributed by atoms with Crippen LogP contribution in [0.4, 0.5) is 4.39 Å². The highest BCUT2D eigenvalue weighted by Gasteiger charge is 2.38. The second-order valence-corrected chi connectivity index (χ2v) is 7.02. The Kier molecular flexibility index (Phi) is 3.80. The van der Waals surface area contributed by atoms with E-state index in [1.54, 1.807) is 0 Å². The van der Waals surface area contributed by atoms with E-state index in [-0.39, 0.29) is 23.0 Å². The Morgan fingerprint density at radius 3 is 2.37 bits per heavy atom. The quantitative estimate of drug-likeness (QED) is 0.881. The lowest BCUT2D eigenvalue weighted by molar-refractivity contribution is 0.0558. The summed E-state index contributed by atoms with van der Waals surface area (Å²) in [5, 5.41) is 4.04. The molecule has 0 aromatic heterocycles. The molecule has 0 spiro atoms. The maximum absolute atomic E-state index is 13.3. The average molecular weight is 286 g/mol. The van der Waals surface area contributed by atoms with Crippen LogP contribution in [0.3, 0.4) is 0 Å². The summed E-state index contributed by atoms with van der Waals surface area (Å²) in [6.07, 6.45) is 1.76. The molecular weight excluding hydrogens is 265 g/mol. The maximum Gasteiger partial charge on any atom is 0.141 e. The molecule has 1 heterocycles. The highest BCUT2D eigenvalue weighted by Crippen LogP contribution is 2.33. The molecule has 0 radical (unpaired) electrons. The van der Waals surface area contributed by atoms with Gasteiger partial charge in [-0.1, -0.05) is 11.6 Å². The predicted molar refractivity (Wildman–Crippen MR) is 76.4 cm³/mol. The fourth-order valence-electron chi connectivity index (χ4n) is 3.06. The molecule has 0 saturated carbocycles. The van der Waals surface area contributed by atoms with Gasteiger partial charge in [0.15, 0.2) is 0 Å². The van der Waals surface area contributed by atoms with Crippen LogP contribution in [0.1, 0.15) is 40.5 Å². The summed E-state index contributed by atoms with van der Waals surface area (Å²) >= 11 is 6.05. The van der Waals surface area contributed by atoms with E-state index < -0.39 is 0 Å². The normalized spacial score (nSPS) is 22.2. The third-order valence-electron chi connectivity index (χ3n) is 3.34. The van der Waals surface area contributed by atoms with Crippen LogP contribution in [0.2, 0.25) is 5.02 Å². The van der Waals surface area contributed by atoms with E-state index in [0.29, 0.717) is 10.8 Å². The monoisotopic (exact) mass is 285 g/mol. The Morgan fingerprint density at radius 1 is 1.21 bits per heavy atom. The highest BCUT2D eigenvalue weighted by atomic mass is 35.5. The summed E-state index contributed by atoms with van der Waals surface area (Å²) in [5.74, 6) is 0.104. The first-order valence-electron chi connectivity index (χ1n) is 6.58. The fourth-order valence-corrected chi connectivity index (χ4v) is 3.22. The van der Waals surface area contributed by atoms with Gasteiger partial charge in [0.2, 0.25) is 0 Å². The van der Waals surface area contributed by atoms with Crippen molar-refractivity contribution in [2.75, 3.05) is 0 Å². The van der Waals surface area contributed by atoms with Crippen molar-refractivity contribution in [2.24, 2.45) is 0 Å². The number of nitrogens with one attached hydrogen (secondary N) is 1. The molecule has 1 saturated heterocycles. The predicted octanol–water partition coefficient (Wildman–Crippen LogP) is 4.17. The molecule has 4 heteroatoms. The zero-order chi connectivity index (χ0) is 14.3. The zero-order valence-corrected chi connectivity index (χ0v) is 12.6. The lowest BCUT2D eigenvalue weighted by atomic mass is 9.81. The molecule has 0 bridgehead atoms. The number of ether oxygens (including phenoxy) is 1. The van der Waals surface area contributed by atoms with Crippen LogP contribution in [0, 0.1) is 5.82 Å². The molecule has 1 N–H and O–H groups in total. The molecule has 1 aromatic carbocycles. The SMILES string of the molecule is CC1(C)CC(Oc2cc(F)ccc2Cl)CC(C)(C)N1. The van der Waals surface area contributed by atoms with E-state index in [1.165, 1.54) is 18.2 Å². The van der Waals surface area contributed by atoms with Crippen molar-refractivity contribution in [3.8, 4) is 5.75 Å². The van der Waals surface area contributed by atoms with E-state index >= 15 is 0 Å². The van der Waals surface area contributed by atoms with Crippen molar-refractivity contribution in [2.45, 2.75) is 57.7 Å². The van der Waals surface area contributed by atoms with Crippen LogP contribution in [-0.2, 0) is 0 Å². The summed E-state index contributed by atoms with van der Waals surface area (Å²) in [4.78, 5) is 0. The first-order valence-corrected chi connectivity index (χ1v) is 6.96. The van der Waals surface area contributed by atoms with E-state index in [4.69, 9.17) is 16.3 Å². The molecular formula is C15H21ClFNO. The van der Waals surface area contributed by atoms with Gasteiger partial charge in [0.05, 0.1) is 5.02 Å². The minimum absolute atomic E-state index is 0.00772. The lowest BCUT2D eigenvalue weighted by Crippen LogP contribution is -2.60. The molecule has 1 aliphatic rings. The first kappa shape index (κ1) is 14.6. The third-order valence-corrected chi connectivity index (χ3v) is 3.65. The van der Waals surface area contributed by atoms with Crippen molar-refractivity contribution in [3.05, 3.63) is 29.0 Å². The first-order chi connectivity index (χ1) is 8.67. The molecule has 106 valence electrons. The van der Waals surface area contributed by atoms with Gasteiger partial charge >= 0.3 is 0 Å². The second-order valence-electron chi connectivity index (χ2n) is 6.62. The second kappa shape index (κ2) is 4.95. The van der Waals surface area contributed by atoms with Crippen molar-refractivity contribution >= 4 is 11.6 Å². The van der Waals surface area contributed by atoms with Gasteiger partial charge in [0.25, 0.3) is 0 Å². The summed E-state index contributed by atoms with van der Waals surface area (Å²) in [7, 11) is 0. The van der Waals surface area contributed by atoms with Gasteiger partial charge in [-0.05, 0) is 39.8 Å². The van der Waals surface area contributed by atoms with Crippen LogP contribution in [0.25, 0.3) is 0 Å². The Bertz CT molecular complexity index is 457. The fraction of sp³-hybridized carbons (Fsp3) is 0.600. The van der Waals surface area contributed by atoms with Gasteiger partial charge in [-0.25, -0.2) is 4.39 Å². The van der Waals surface area contributed by atoms with Crippen LogP contribution >= 0.6 is 11.6 Å². The van der Waals surface area contributed by atoms with E-state index in [9.17, 15) is 4.39 Å². The molecule has 1 fully saturated rings. The molecule has 0 amide bonds. The van der Waals surface area contributed by atoms with Gasteiger partial charge in [0, 0.05) is 30.0 Å². The maximum atomic E-state index is 13.3. The number of benzene rings is 1. The molecule has 1 aromatic rings. The molecule has 0 aliphatic carbocycles. The van der Waals surface area contributed by atoms with Crippen molar-refractivity contribution in [1.29, 1.82) is 0 Å². The topological polar surface area (TPSA) is 21.3 Å². The third kappa shape index (κ3) is 3.83. The molecule has 0 atom stereocenters. The molecule has 0 unspecified atom stereocenters. The van der Waals surface area contributed by atoms with Gasteiger partial charge in [0.1, 0.15) is 17.7 Å². The molecule has 19 heavy (non-hydrogen) atoms. The van der Waals surface area contributed by atoms with E-state index in [1.807, 2.05) is 0 Å². The smallest absolute Gasteiger partial charge is 0.141 e. The Labute approximate surface area is 119 Å². The average Bonchev–Trinajstić information content (AvgIpc) is 2.18. The summed E-state index contributed by atoms with van der Waals surface area (Å²) in [5.41, 5.74) is -0.0154. The van der Waals surface area contributed by atoms with Gasteiger partial charge in [-0.3, -0.25) is 0 Å². The minimum Gasteiger partial charge on any atom is -0.489 e. The number of hydrogen-bond acceptors (Lipinski definition) is 2. The lowest BCUT2D eigenvalue weighted by Gasteiger charge is -2.46. The summed E-state index contributed by atoms with van der Waals surface area (Å²) in [6, 6.07) is 4.22. The van der Waals surface area contributed by atoms with Crippen molar-refractivity contribution in [1.82, 2.24) is 5.32 Å². The largest absolute Gasteiger partial charge is 0.489 e. The zero-order valence-electron chi connectivity index (χ0n) is 11.9. The van der Waals surface area contributed by atoms with Crippen LogP contribution < -0.4 is 10.1 Å². The Hall–Kier alpha value is -0.800.